The molecule has 0 aliphatic heterocycles. The van der Waals surface area contributed by atoms with Gasteiger partial charge in [0.15, 0.2) is 5.58 Å². The molecule has 0 aliphatic rings. The lowest BCUT2D eigenvalue weighted by Gasteiger charge is -2.15. The van der Waals surface area contributed by atoms with Crippen LogP contribution in [-0.4, -0.2) is 10.1 Å². The van der Waals surface area contributed by atoms with Gasteiger partial charge in [-0.15, -0.1) is 12.4 Å². The summed E-state index contributed by atoms with van der Waals surface area (Å²) in [7, 11) is 0. The summed E-state index contributed by atoms with van der Waals surface area (Å²) in [5.74, 6) is 0. The molecule has 0 amide bonds. The highest BCUT2D eigenvalue weighted by molar-refractivity contribution is 5.92. The third-order valence-corrected chi connectivity index (χ3v) is 4.37. The second-order valence-corrected chi connectivity index (χ2v) is 6.20. The zero-order valence-corrected chi connectivity index (χ0v) is 15.2. The first-order valence-corrected chi connectivity index (χ1v) is 8.34. The van der Waals surface area contributed by atoms with E-state index in [0.717, 1.165) is 39.2 Å². The maximum Gasteiger partial charge on any atom is 0.167 e. The molecule has 2 aromatic heterocycles. The average Bonchev–Trinajstić information content (AvgIpc) is 3.06. The van der Waals surface area contributed by atoms with Crippen molar-refractivity contribution in [3.8, 4) is 11.3 Å². The van der Waals surface area contributed by atoms with E-state index in [9.17, 15) is 0 Å². The van der Waals surface area contributed by atoms with Gasteiger partial charge in [-0.1, -0.05) is 47.6 Å². The summed E-state index contributed by atoms with van der Waals surface area (Å²) in [5, 5.41) is 5.28. The molecule has 0 saturated carbocycles. The van der Waals surface area contributed by atoms with Gasteiger partial charge in [0.1, 0.15) is 5.69 Å². The van der Waals surface area contributed by atoms with Crippen molar-refractivity contribution in [3.05, 3.63) is 83.7 Å². The molecule has 0 radical (unpaired) electrons. The zero-order valence-electron chi connectivity index (χ0n) is 14.4. The first kappa shape index (κ1) is 18.1. The Kier molecular flexibility index (Phi) is 5.35. The van der Waals surface area contributed by atoms with Gasteiger partial charge in [0.2, 0.25) is 0 Å². The maximum absolute atomic E-state index is 6.53. The third-order valence-electron chi connectivity index (χ3n) is 4.37. The molecule has 132 valence electrons. The minimum absolute atomic E-state index is 0. The lowest BCUT2D eigenvalue weighted by atomic mass is 9.94. The van der Waals surface area contributed by atoms with Crippen LogP contribution in [0.5, 0.6) is 0 Å². The van der Waals surface area contributed by atoms with Crippen molar-refractivity contribution in [1.29, 1.82) is 0 Å². The molecule has 4 rings (SSSR count). The lowest BCUT2D eigenvalue weighted by molar-refractivity contribution is 0.459. The van der Waals surface area contributed by atoms with E-state index in [1.807, 2.05) is 67.6 Å². The number of pyridine rings is 1. The van der Waals surface area contributed by atoms with E-state index in [0.29, 0.717) is 6.42 Å². The number of aryl methyl sites for hydroxylation is 1. The van der Waals surface area contributed by atoms with Gasteiger partial charge in [-0.25, -0.2) is 0 Å². The van der Waals surface area contributed by atoms with E-state index in [1.165, 1.54) is 0 Å². The van der Waals surface area contributed by atoms with Crippen molar-refractivity contribution < 1.29 is 4.52 Å². The Hall–Kier alpha value is -2.69. The van der Waals surface area contributed by atoms with Gasteiger partial charge in [-0.05, 0) is 36.8 Å². The smallest absolute Gasteiger partial charge is 0.167 e. The SMILES string of the molecule is Cc1cccc(C[C@H](N)c2ccccc2-c2noc3ccccc23)n1.Cl. The summed E-state index contributed by atoms with van der Waals surface area (Å²) < 4.78 is 5.47. The number of hydrogen-bond acceptors (Lipinski definition) is 4. The fourth-order valence-electron chi connectivity index (χ4n) is 3.16. The molecule has 2 heterocycles. The number of nitrogens with two attached hydrogens (primary N) is 1. The summed E-state index contributed by atoms with van der Waals surface area (Å²) in [6.07, 6.45) is 0.675. The van der Waals surface area contributed by atoms with Gasteiger partial charge < -0.3 is 10.3 Å². The van der Waals surface area contributed by atoms with Gasteiger partial charge in [0, 0.05) is 34.8 Å². The highest BCUT2D eigenvalue weighted by Crippen LogP contribution is 2.33. The molecular weight excluding hydrogens is 346 g/mol. The first-order valence-electron chi connectivity index (χ1n) is 8.34. The summed E-state index contributed by atoms with van der Waals surface area (Å²) in [5.41, 5.74) is 12.2. The maximum atomic E-state index is 6.53. The molecule has 1 atom stereocenters. The predicted octanol–water partition coefficient (Wildman–Crippen LogP) is 4.86. The van der Waals surface area contributed by atoms with Crippen LogP contribution in [0.1, 0.15) is 23.0 Å². The van der Waals surface area contributed by atoms with Crippen molar-refractivity contribution in [3.63, 3.8) is 0 Å². The summed E-state index contributed by atoms with van der Waals surface area (Å²) in [6, 6.07) is 21.8. The summed E-state index contributed by atoms with van der Waals surface area (Å²) in [6.45, 7) is 1.99. The molecule has 0 aliphatic carbocycles. The van der Waals surface area contributed by atoms with E-state index >= 15 is 0 Å². The number of para-hydroxylation sites is 1. The molecule has 0 bridgehead atoms. The Labute approximate surface area is 158 Å². The fraction of sp³-hybridized carbons (Fsp3) is 0.143. The molecule has 4 nitrogen and oxygen atoms in total. The number of hydrogen-bond donors (Lipinski definition) is 1. The third kappa shape index (κ3) is 3.47. The van der Waals surface area contributed by atoms with Crippen LogP contribution in [0, 0.1) is 6.92 Å². The van der Waals surface area contributed by atoms with E-state index < -0.39 is 0 Å². The predicted molar refractivity (Wildman–Crippen MR) is 106 cm³/mol. The highest BCUT2D eigenvalue weighted by Gasteiger charge is 2.17. The van der Waals surface area contributed by atoms with E-state index in [1.54, 1.807) is 0 Å². The van der Waals surface area contributed by atoms with Gasteiger partial charge in [-0.2, -0.15) is 0 Å². The van der Waals surface area contributed by atoms with Crippen LogP contribution >= 0.6 is 12.4 Å². The van der Waals surface area contributed by atoms with Gasteiger partial charge >= 0.3 is 0 Å². The summed E-state index contributed by atoms with van der Waals surface area (Å²) in [4.78, 5) is 4.57. The fourth-order valence-corrected chi connectivity index (χ4v) is 3.16. The van der Waals surface area contributed by atoms with Crippen molar-refractivity contribution >= 4 is 23.4 Å². The molecule has 2 N–H and O–H groups in total. The van der Waals surface area contributed by atoms with E-state index in [4.69, 9.17) is 10.3 Å². The number of rotatable bonds is 4. The zero-order chi connectivity index (χ0) is 17.2. The topological polar surface area (TPSA) is 64.9 Å². The Morgan fingerprint density at radius 3 is 2.58 bits per heavy atom. The number of nitrogens with zero attached hydrogens (tertiary/aromatic N) is 2. The number of aromatic nitrogens is 2. The molecule has 26 heavy (non-hydrogen) atoms. The molecule has 0 saturated heterocycles. The van der Waals surface area contributed by atoms with Crippen molar-refractivity contribution in [2.45, 2.75) is 19.4 Å². The van der Waals surface area contributed by atoms with E-state index in [2.05, 4.69) is 16.2 Å². The van der Waals surface area contributed by atoms with Crippen LogP contribution in [0.4, 0.5) is 0 Å². The second kappa shape index (κ2) is 7.68. The van der Waals surface area contributed by atoms with Crippen molar-refractivity contribution in [1.82, 2.24) is 10.1 Å². The molecule has 0 unspecified atom stereocenters. The Bertz CT molecular complexity index is 1030. The number of benzene rings is 2. The molecule has 4 aromatic rings. The van der Waals surface area contributed by atoms with Crippen LogP contribution in [0.2, 0.25) is 0 Å². The normalized spacial score (nSPS) is 11.9. The molecular formula is C21H20ClN3O. The Morgan fingerprint density at radius 2 is 1.73 bits per heavy atom. The van der Waals surface area contributed by atoms with Crippen LogP contribution in [0.15, 0.2) is 71.3 Å². The molecule has 2 aromatic carbocycles. The minimum atomic E-state index is -0.166. The molecule has 5 heteroatoms. The Morgan fingerprint density at radius 1 is 0.962 bits per heavy atom. The van der Waals surface area contributed by atoms with E-state index in [-0.39, 0.29) is 18.4 Å². The highest BCUT2D eigenvalue weighted by atomic mass is 35.5. The Balaban J connectivity index is 0.00000196. The van der Waals surface area contributed by atoms with Crippen LogP contribution < -0.4 is 5.73 Å². The molecule has 0 spiro atoms. The number of fused-ring (bicyclic) bond motifs is 1. The monoisotopic (exact) mass is 365 g/mol. The van der Waals surface area contributed by atoms with Gasteiger partial charge in [0.05, 0.1) is 0 Å². The largest absolute Gasteiger partial charge is 0.356 e. The van der Waals surface area contributed by atoms with Crippen molar-refractivity contribution in [2.75, 3.05) is 0 Å². The minimum Gasteiger partial charge on any atom is -0.356 e. The number of halogens is 1. The second-order valence-electron chi connectivity index (χ2n) is 6.20. The van der Waals surface area contributed by atoms with Gasteiger partial charge in [-0.3, -0.25) is 4.98 Å². The quantitative estimate of drug-likeness (QED) is 0.560. The van der Waals surface area contributed by atoms with Gasteiger partial charge in [0.25, 0.3) is 0 Å². The van der Waals surface area contributed by atoms with Crippen LogP contribution in [0.25, 0.3) is 22.2 Å². The van der Waals surface area contributed by atoms with Crippen LogP contribution in [-0.2, 0) is 6.42 Å². The van der Waals surface area contributed by atoms with Crippen LogP contribution in [0.3, 0.4) is 0 Å². The molecule has 0 fully saturated rings. The van der Waals surface area contributed by atoms with Crippen molar-refractivity contribution in [2.24, 2.45) is 5.73 Å². The average molecular weight is 366 g/mol. The standard InChI is InChI=1S/C21H19N3O.ClH/c1-14-7-6-8-15(23-14)13-19(22)16-9-2-3-10-17(16)21-18-11-4-5-12-20(18)25-24-21;/h2-12,19H,13,22H2,1H3;1H/t19-;/m0./s1. The first-order chi connectivity index (χ1) is 12.2. The summed E-state index contributed by atoms with van der Waals surface area (Å²) >= 11 is 0. The lowest BCUT2D eigenvalue weighted by Crippen LogP contribution is -2.15.